The maximum Gasteiger partial charge on any atom is 0.123 e. The van der Waals surface area contributed by atoms with Crippen LogP contribution in [-0.2, 0) is 12.8 Å². The van der Waals surface area contributed by atoms with Crippen LogP contribution in [-0.4, -0.2) is 6.54 Å². The van der Waals surface area contributed by atoms with Crippen LogP contribution >= 0.6 is 0 Å². The van der Waals surface area contributed by atoms with Gasteiger partial charge in [0, 0.05) is 12.2 Å². The fraction of sp³-hybridized carbons (Fsp3) is 0.294. The average molecular weight is 255 g/mol. The molecule has 1 heterocycles. The van der Waals surface area contributed by atoms with E-state index in [4.69, 9.17) is 0 Å². The van der Waals surface area contributed by atoms with Crippen LogP contribution in [0.15, 0.2) is 36.4 Å². The molecule has 0 fully saturated rings. The van der Waals surface area contributed by atoms with Crippen LogP contribution < -0.4 is 5.32 Å². The molecule has 0 atom stereocenters. The van der Waals surface area contributed by atoms with E-state index in [-0.39, 0.29) is 5.82 Å². The molecule has 2 heteroatoms. The number of aryl methyl sites for hydroxylation is 1. The molecule has 0 aliphatic carbocycles. The molecule has 0 aromatic heterocycles. The highest BCUT2D eigenvalue weighted by atomic mass is 19.1. The number of rotatable bonds is 2. The number of anilines is 1. The van der Waals surface area contributed by atoms with Gasteiger partial charge >= 0.3 is 0 Å². The summed E-state index contributed by atoms with van der Waals surface area (Å²) < 4.78 is 13.4. The Morgan fingerprint density at radius 1 is 1.16 bits per heavy atom. The lowest BCUT2D eigenvalue weighted by atomic mass is 9.92. The van der Waals surface area contributed by atoms with Crippen LogP contribution in [0.3, 0.4) is 0 Å². The maximum absolute atomic E-state index is 13.4. The summed E-state index contributed by atoms with van der Waals surface area (Å²) in [4.78, 5) is 0. The van der Waals surface area contributed by atoms with Crippen molar-refractivity contribution in [3.8, 4) is 0 Å². The van der Waals surface area contributed by atoms with E-state index in [1.807, 2.05) is 13.0 Å². The first-order valence-corrected chi connectivity index (χ1v) is 6.84. The van der Waals surface area contributed by atoms with E-state index in [9.17, 15) is 4.39 Å². The van der Waals surface area contributed by atoms with Gasteiger partial charge in [-0.2, -0.15) is 0 Å². The monoisotopic (exact) mass is 255 g/mol. The molecule has 98 valence electrons. The lowest BCUT2D eigenvalue weighted by Gasteiger charge is -2.21. The van der Waals surface area contributed by atoms with E-state index in [0.29, 0.717) is 0 Å². The molecule has 0 radical (unpaired) electrons. The van der Waals surface area contributed by atoms with Crippen LogP contribution in [0.2, 0.25) is 0 Å². The van der Waals surface area contributed by atoms with E-state index >= 15 is 0 Å². The number of fused-ring (bicyclic) bond motifs is 1. The van der Waals surface area contributed by atoms with E-state index < -0.39 is 0 Å². The minimum absolute atomic E-state index is 0.150. The van der Waals surface area contributed by atoms with Crippen LogP contribution in [0.4, 0.5) is 10.1 Å². The Labute approximate surface area is 113 Å². The standard InChI is InChI=1S/C17H18FN/c1-12-7-8-15(18)11-14(12)10-13-4-2-6-17-16(13)5-3-9-19-17/h2,4,6-8,11,19H,3,5,9-10H2,1H3. The first-order valence-electron chi connectivity index (χ1n) is 6.84. The van der Waals surface area contributed by atoms with Crippen LogP contribution in [0.1, 0.15) is 28.7 Å². The van der Waals surface area contributed by atoms with Crippen molar-refractivity contribution in [2.45, 2.75) is 26.2 Å². The number of hydrogen-bond donors (Lipinski definition) is 1. The van der Waals surface area contributed by atoms with Gasteiger partial charge in [-0.1, -0.05) is 18.2 Å². The summed E-state index contributed by atoms with van der Waals surface area (Å²) in [7, 11) is 0. The van der Waals surface area contributed by atoms with E-state index in [2.05, 4.69) is 23.5 Å². The fourth-order valence-electron chi connectivity index (χ4n) is 2.79. The second-order valence-corrected chi connectivity index (χ2v) is 5.22. The lowest BCUT2D eigenvalue weighted by Crippen LogP contribution is -2.13. The van der Waals surface area contributed by atoms with Crippen molar-refractivity contribution in [1.82, 2.24) is 0 Å². The molecule has 3 rings (SSSR count). The smallest absolute Gasteiger partial charge is 0.123 e. The Morgan fingerprint density at radius 2 is 2.05 bits per heavy atom. The minimum Gasteiger partial charge on any atom is -0.385 e. The van der Waals surface area contributed by atoms with Gasteiger partial charge in [0.15, 0.2) is 0 Å². The highest BCUT2D eigenvalue weighted by Gasteiger charge is 2.13. The van der Waals surface area contributed by atoms with Crippen molar-refractivity contribution in [1.29, 1.82) is 0 Å². The van der Waals surface area contributed by atoms with E-state index in [1.54, 1.807) is 6.07 Å². The van der Waals surface area contributed by atoms with Gasteiger partial charge in [0.1, 0.15) is 5.82 Å². The van der Waals surface area contributed by atoms with Crippen molar-refractivity contribution in [2.75, 3.05) is 11.9 Å². The van der Waals surface area contributed by atoms with E-state index in [1.165, 1.54) is 29.3 Å². The van der Waals surface area contributed by atoms with Gasteiger partial charge in [-0.15, -0.1) is 0 Å². The largest absolute Gasteiger partial charge is 0.385 e. The SMILES string of the molecule is Cc1ccc(F)cc1Cc1cccc2c1CCCN2. The summed E-state index contributed by atoms with van der Waals surface area (Å²) in [6, 6.07) is 11.4. The molecule has 0 bridgehead atoms. The highest BCUT2D eigenvalue weighted by Crippen LogP contribution is 2.27. The maximum atomic E-state index is 13.4. The van der Waals surface area contributed by atoms with Gasteiger partial charge in [0.25, 0.3) is 0 Å². The molecule has 1 aliphatic rings. The van der Waals surface area contributed by atoms with Crippen molar-refractivity contribution in [2.24, 2.45) is 0 Å². The topological polar surface area (TPSA) is 12.0 Å². The molecule has 1 nitrogen and oxygen atoms in total. The Balaban J connectivity index is 1.97. The normalized spacial score (nSPS) is 13.8. The second kappa shape index (κ2) is 5.04. The lowest BCUT2D eigenvalue weighted by molar-refractivity contribution is 0.625. The third-order valence-electron chi connectivity index (χ3n) is 3.88. The first kappa shape index (κ1) is 12.2. The third-order valence-corrected chi connectivity index (χ3v) is 3.88. The molecule has 0 saturated carbocycles. The molecular weight excluding hydrogens is 237 g/mol. The van der Waals surface area contributed by atoms with Crippen molar-refractivity contribution in [3.63, 3.8) is 0 Å². The summed E-state index contributed by atoms with van der Waals surface area (Å²) in [5.74, 6) is -0.150. The predicted molar refractivity (Wildman–Crippen MR) is 77.2 cm³/mol. The number of halogens is 1. The summed E-state index contributed by atoms with van der Waals surface area (Å²) in [6.07, 6.45) is 3.10. The molecule has 19 heavy (non-hydrogen) atoms. The Kier molecular flexibility index (Phi) is 3.24. The van der Waals surface area contributed by atoms with Crippen LogP contribution in [0.5, 0.6) is 0 Å². The molecule has 0 saturated heterocycles. The zero-order valence-electron chi connectivity index (χ0n) is 11.2. The van der Waals surface area contributed by atoms with Crippen LogP contribution in [0, 0.1) is 12.7 Å². The van der Waals surface area contributed by atoms with Gasteiger partial charge in [-0.3, -0.25) is 0 Å². The number of benzene rings is 2. The molecule has 0 unspecified atom stereocenters. The Bertz CT molecular complexity index is 604. The zero-order chi connectivity index (χ0) is 13.2. The molecule has 0 amide bonds. The third kappa shape index (κ3) is 2.48. The van der Waals surface area contributed by atoms with Gasteiger partial charge in [-0.25, -0.2) is 4.39 Å². The van der Waals surface area contributed by atoms with Gasteiger partial charge < -0.3 is 5.32 Å². The van der Waals surface area contributed by atoms with Crippen molar-refractivity contribution >= 4 is 5.69 Å². The summed E-state index contributed by atoms with van der Waals surface area (Å²) in [5, 5.41) is 3.44. The Hall–Kier alpha value is -1.83. The quantitative estimate of drug-likeness (QED) is 0.852. The highest BCUT2D eigenvalue weighted by molar-refractivity contribution is 5.57. The van der Waals surface area contributed by atoms with Crippen LogP contribution in [0.25, 0.3) is 0 Å². The average Bonchev–Trinajstić information content (AvgIpc) is 2.43. The number of hydrogen-bond acceptors (Lipinski definition) is 1. The van der Waals surface area contributed by atoms with Gasteiger partial charge in [-0.05, 0) is 66.6 Å². The summed E-state index contributed by atoms with van der Waals surface area (Å²) in [6.45, 7) is 3.10. The summed E-state index contributed by atoms with van der Waals surface area (Å²) in [5.41, 5.74) is 6.20. The van der Waals surface area contributed by atoms with Gasteiger partial charge in [0.2, 0.25) is 0 Å². The zero-order valence-corrected chi connectivity index (χ0v) is 11.2. The second-order valence-electron chi connectivity index (χ2n) is 5.22. The molecule has 2 aromatic carbocycles. The first-order chi connectivity index (χ1) is 9.24. The minimum atomic E-state index is -0.150. The number of nitrogens with one attached hydrogen (secondary N) is 1. The van der Waals surface area contributed by atoms with Crippen molar-refractivity contribution in [3.05, 3.63) is 64.5 Å². The Morgan fingerprint density at radius 3 is 2.95 bits per heavy atom. The molecular formula is C17H18FN. The van der Waals surface area contributed by atoms with Gasteiger partial charge in [0.05, 0.1) is 0 Å². The molecule has 1 N–H and O–H groups in total. The molecule has 1 aliphatic heterocycles. The van der Waals surface area contributed by atoms with Crippen molar-refractivity contribution < 1.29 is 4.39 Å². The molecule has 2 aromatic rings. The fourth-order valence-corrected chi connectivity index (χ4v) is 2.79. The summed E-state index contributed by atoms with van der Waals surface area (Å²) >= 11 is 0. The van der Waals surface area contributed by atoms with E-state index in [0.717, 1.165) is 30.5 Å². The predicted octanol–water partition coefficient (Wildman–Crippen LogP) is 4.08. The molecule has 0 spiro atoms.